The summed E-state index contributed by atoms with van der Waals surface area (Å²) in [5.41, 5.74) is -0.554. The van der Waals surface area contributed by atoms with Gasteiger partial charge in [-0.2, -0.15) is 0 Å². The standard InChI is InChI=1S/C16H22FNO2/c1-16(2,12-6-4-5-7-13(12)17)15(20)18(3)10-14(19)11-8-9-11/h4-7,11,14,19H,8-10H2,1-3H3. The average Bonchev–Trinajstić information content (AvgIpc) is 3.22. The Kier molecular flexibility index (Phi) is 4.14. The molecule has 110 valence electrons. The first-order valence-corrected chi connectivity index (χ1v) is 7.02. The number of aliphatic hydroxyl groups excluding tert-OH is 1. The van der Waals surface area contributed by atoms with E-state index in [2.05, 4.69) is 0 Å². The molecule has 0 aliphatic heterocycles. The maximum atomic E-state index is 13.9. The highest BCUT2D eigenvalue weighted by atomic mass is 19.1. The van der Waals surface area contributed by atoms with Gasteiger partial charge in [0, 0.05) is 19.2 Å². The van der Waals surface area contributed by atoms with Crippen molar-refractivity contribution in [3.63, 3.8) is 0 Å². The monoisotopic (exact) mass is 279 g/mol. The Hall–Kier alpha value is -1.42. The van der Waals surface area contributed by atoms with Crippen LogP contribution in [-0.4, -0.2) is 35.6 Å². The molecule has 1 N–H and O–H groups in total. The lowest BCUT2D eigenvalue weighted by Crippen LogP contribution is -2.45. The fourth-order valence-electron chi connectivity index (χ4n) is 2.55. The predicted octanol–water partition coefficient (Wildman–Crippen LogP) is 2.33. The van der Waals surface area contributed by atoms with E-state index < -0.39 is 11.5 Å². The molecule has 1 unspecified atom stereocenters. The number of nitrogens with zero attached hydrogens (tertiary/aromatic N) is 1. The molecule has 4 heteroatoms. The molecule has 1 aromatic rings. The van der Waals surface area contributed by atoms with Crippen molar-refractivity contribution in [2.75, 3.05) is 13.6 Å². The number of aliphatic hydroxyl groups is 1. The molecule has 0 spiro atoms. The zero-order valence-corrected chi connectivity index (χ0v) is 12.3. The van der Waals surface area contributed by atoms with E-state index in [0.29, 0.717) is 18.0 Å². The van der Waals surface area contributed by atoms with E-state index >= 15 is 0 Å². The molecule has 0 bridgehead atoms. The Morgan fingerprint density at radius 1 is 1.45 bits per heavy atom. The van der Waals surface area contributed by atoms with E-state index in [-0.39, 0.29) is 11.7 Å². The summed E-state index contributed by atoms with van der Waals surface area (Å²) in [4.78, 5) is 14.1. The van der Waals surface area contributed by atoms with E-state index in [0.717, 1.165) is 12.8 Å². The second-order valence-corrected chi connectivity index (χ2v) is 6.20. The fraction of sp³-hybridized carbons (Fsp3) is 0.562. The highest BCUT2D eigenvalue weighted by Gasteiger charge is 2.37. The van der Waals surface area contributed by atoms with Crippen molar-refractivity contribution in [2.24, 2.45) is 5.92 Å². The number of likely N-dealkylation sites (N-methyl/N-ethyl adjacent to an activating group) is 1. The Labute approximate surface area is 119 Å². The number of halogens is 1. The molecule has 0 saturated heterocycles. The smallest absolute Gasteiger partial charge is 0.232 e. The third kappa shape index (κ3) is 3.01. The predicted molar refractivity (Wildman–Crippen MR) is 75.8 cm³/mol. The SMILES string of the molecule is CN(CC(O)C1CC1)C(=O)C(C)(C)c1ccccc1F. The molecule has 20 heavy (non-hydrogen) atoms. The summed E-state index contributed by atoms with van der Waals surface area (Å²) in [6.07, 6.45) is 1.58. The quantitative estimate of drug-likeness (QED) is 0.898. The van der Waals surface area contributed by atoms with Crippen LogP contribution in [0.5, 0.6) is 0 Å². The lowest BCUT2D eigenvalue weighted by atomic mass is 9.83. The summed E-state index contributed by atoms with van der Waals surface area (Å²) in [5.74, 6) is -0.230. The maximum Gasteiger partial charge on any atom is 0.232 e. The van der Waals surface area contributed by atoms with Crippen molar-refractivity contribution in [3.05, 3.63) is 35.6 Å². The number of carbonyl (C=O) groups excluding carboxylic acids is 1. The molecule has 0 aromatic heterocycles. The summed E-state index contributed by atoms with van der Waals surface area (Å²) in [7, 11) is 1.66. The zero-order valence-electron chi connectivity index (χ0n) is 12.3. The summed E-state index contributed by atoms with van der Waals surface area (Å²) in [5, 5.41) is 9.93. The van der Waals surface area contributed by atoms with Crippen LogP contribution in [0, 0.1) is 11.7 Å². The van der Waals surface area contributed by atoms with E-state index in [1.54, 1.807) is 39.1 Å². The van der Waals surface area contributed by atoms with Gasteiger partial charge in [0.1, 0.15) is 5.82 Å². The van der Waals surface area contributed by atoms with Crippen LogP contribution < -0.4 is 0 Å². The van der Waals surface area contributed by atoms with Gasteiger partial charge < -0.3 is 10.0 Å². The van der Waals surface area contributed by atoms with Crippen molar-refractivity contribution in [2.45, 2.75) is 38.2 Å². The molecular weight excluding hydrogens is 257 g/mol. The van der Waals surface area contributed by atoms with Gasteiger partial charge in [0.05, 0.1) is 11.5 Å². The molecule has 0 radical (unpaired) electrons. The van der Waals surface area contributed by atoms with Gasteiger partial charge in [-0.3, -0.25) is 4.79 Å². The Morgan fingerprint density at radius 2 is 2.05 bits per heavy atom. The average molecular weight is 279 g/mol. The second kappa shape index (κ2) is 5.52. The van der Waals surface area contributed by atoms with E-state index in [1.165, 1.54) is 11.0 Å². The molecule has 3 nitrogen and oxygen atoms in total. The number of amides is 1. The van der Waals surface area contributed by atoms with Crippen LogP contribution in [0.3, 0.4) is 0 Å². The first kappa shape index (κ1) is 15.0. The largest absolute Gasteiger partial charge is 0.391 e. The summed E-state index contributed by atoms with van der Waals surface area (Å²) in [6, 6.07) is 6.34. The van der Waals surface area contributed by atoms with Crippen molar-refractivity contribution >= 4 is 5.91 Å². The van der Waals surface area contributed by atoms with Crippen LogP contribution in [0.4, 0.5) is 4.39 Å². The number of carbonyl (C=O) groups is 1. The minimum absolute atomic E-state index is 0.178. The second-order valence-electron chi connectivity index (χ2n) is 6.20. The summed E-state index contributed by atoms with van der Waals surface area (Å²) < 4.78 is 13.9. The first-order chi connectivity index (χ1) is 9.34. The van der Waals surface area contributed by atoms with E-state index in [1.807, 2.05) is 0 Å². The molecular formula is C16H22FNO2. The minimum Gasteiger partial charge on any atom is -0.391 e. The number of benzene rings is 1. The molecule has 2 rings (SSSR count). The van der Waals surface area contributed by atoms with Gasteiger partial charge in [0.15, 0.2) is 0 Å². The van der Waals surface area contributed by atoms with Crippen LogP contribution in [0.15, 0.2) is 24.3 Å². The molecule has 1 saturated carbocycles. The van der Waals surface area contributed by atoms with Gasteiger partial charge in [-0.25, -0.2) is 4.39 Å². The third-order valence-electron chi connectivity index (χ3n) is 4.06. The van der Waals surface area contributed by atoms with Crippen LogP contribution in [0.25, 0.3) is 0 Å². The lowest BCUT2D eigenvalue weighted by molar-refractivity contribution is -0.136. The molecule has 1 fully saturated rings. The molecule has 1 aliphatic rings. The van der Waals surface area contributed by atoms with Gasteiger partial charge in [0.25, 0.3) is 0 Å². The van der Waals surface area contributed by atoms with Crippen LogP contribution in [0.1, 0.15) is 32.3 Å². The van der Waals surface area contributed by atoms with Gasteiger partial charge >= 0.3 is 0 Å². The van der Waals surface area contributed by atoms with Gasteiger partial charge in [-0.15, -0.1) is 0 Å². The zero-order chi connectivity index (χ0) is 14.9. The molecule has 0 heterocycles. The normalized spacial score (nSPS) is 16.9. The van der Waals surface area contributed by atoms with Gasteiger partial charge in [-0.05, 0) is 38.7 Å². The topological polar surface area (TPSA) is 40.5 Å². The number of hydrogen-bond donors (Lipinski definition) is 1. The van der Waals surface area contributed by atoms with Crippen LogP contribution >= 0.6 is 0 Å². The molecule has 1 aromatic carbocycles. The number of hydrogen-bond acceptors (Lipinski definition) is 2. The maximum absolute atomic E-state index is 13.9. The highest BCUT2D eigenvalue weighted by molar-refractivity contribution is 5.87. The fourth-order valence-corrected chi connectivity index (χ4v) is 2.55. The van der Waals surface area contributed by atoms with Gasteiger partial charge in [-0.1, -0.05) is 18.2 Å². The minimum atomic E-state index is -0.941. The summed E-state index contributed by atoms with van der Waals surface area (Å²) >= 11 is 0. The van der Waals surface area contributed by atoms with Crippen molar-refractivity contribution < 1.29 is 14.3 Å². The molecule has 1 atom stereocenters. The van der Waals surface area contributed by atoms with Crippen LogP contribution in [-0.2, 0) is 10.2 Å². The van der Waals surface area contributed by atoms with Crippen molar-refractivity contribution in [1.29, 1.82) is 0 Å². The Balaban J connectivity index is 2.11. The number of rotatable bonds is 5. The van der Waals surface area contributed by atoms with Crippen molar-refractivity contribution in [3.8, 4) is 0 Å². The van der Waals surface area contributed by atoms with E-state index in [4.69, 9.17) is 0 Å². The first-order valence-electron chi connectivity index (χ1n) is 7.02. The summed E-state index contributed by atoms with van der Waals surface area (Å²) in [6.45, 7) is 3.74. The van der Waals surface area contributed by atoms with Crippen LogP contribution in [0.2, 0.25) is 0 Å². The lowest BCUT2D eigenvalue weighted by Gasteiger charge is -2.31. The Morgan fingerprint density at radius 3 is 2.60 bits per heavy atom. The van der Waals surface area contributed by atoms with Gasteiger partial charge in [0.2, 0.25) is 5.91 Å². The van der Waals surface area contributed by atoms with E-state index in [9.17, 15) is 14.3 Å². The third-order valence-corrected chi connectivity index (χ3v) is 4.06. The molecule has 1 aliphatic carbocycles. The van der Waals surface area contributed by atoms with Crippen molar-refractivity contribution in [1.82, 2.24) is 4.90 Å². The Bertz CT molecular complexity index is 497. The molecule has 1 amide bonds. The highest BCUT2D eigenvalue weighted by Crippen LogP contribution is 2.33.